The number of hydrogen-bond donors (Lipinski definition) is 0. The van der Waals surface area contributed by atoms with Crippen LogP contribution in [0.5, 0.6) is 0 Å². The molecule has 1 saturated carbocycles. The van der Waals surface area contributed by atoms with Gasteiger partial charge in [-0.05, 0) is 41.7 Å². The van der Waals surface area contributed by atoms with Crippen LogP contribution in [-0.4, -0.2) is 54.8 Å². The zero-order chi connectivity index (χ0) is 15.6. The van der Waals surface area contributed by atoms with Gasteiger partial charge in [-0.3, -0.25) is 4.79 Å². The van der Waals surface area contributed by atoms with Crippen LogP contribution in [0.15, 0.2) is 23.7 Å². The summed E-state index contributed by atoms with van der Waals surface area (Å²) in [7, 11) is 0. The summed E-state index contributed by atoms with van der Waals surface area (Å²) in [5.74, 6) is 0.741. The first-order valence-electron chi connectivity index (χ1n) is 8.12. The normalized spacial score (nSPS) is 21.7. The van der Waals surface area contributed by atoms with Crippen LogP contribution in [0.25, 0.3) is 10.1 Å². The van der Waals surface area contributed by atoms with E-state index in [1.165, 1.54) is 12.8 Å². The molecule has 4 rings (SSSR count). The van der Waals surface area contributed by atoms with E-state index in [-0.39, 0.29) is 12.0 Å². The molecule has 1 unspecified atom stereocenters. The summed E-state index contributed by atoms with van der Waals surface area (Å²) >= 11 is 1.57. The van der Waals surface area contributed by atoms with Gasteiger partial charge in [-0.1, -0.05) is 0 Å². The van der Waals surface area contributed by atoms with E-state index >= 15 is 0 Å². The number of fused-ring (bicyclic) bond motifs is 1. The Bertz CT molecular complexity index is 698. The average molecular weight is 332 g/mol. The lowest BCUT2D eigenvalue weighted by molar-refractivity contribution is -0.0629. The molecule has 2 aromatic heterocycles. The summed E-state index contributed by atoms with van der Waals surface area (Å²) in [6.45, 7) is 3.14. The number of pyridine rings is 1. The van der Waals surface area contributed by atoms with Crippen LogP contribution in [0, 0.1) is 5.92 Å². The number of nitrogens with zero attached hydrogens (tertiary/aromatic N) is 2. The molecule has 122 valence electrons. The largest absolute Gasteiger partial charge is 0.378 e. The fraction of sp³-hybridized carbons (Fsp3) is 0.529. The maximum atomic E-state index is 12.8. The molecule has 0 aromatic carbocycles. The van der Waals surface area contributed by atoms with E-state index in [1.807, 2.05) is 22.4 Å². The van der Waals surface area contributed by atoms with E-state index in [2.05, 4.69) is 4.98 Å². The van der Waals surface area contributed by atoms with Crippen molar-refractivity contribution in [1.29, 1.82) is 0 Å². The second-order valence-corrected chi connectivity index (χ2v) is 7.14. The number of aromatic nitrogens is 1. The van der Waals surface area contributed by atoms with Crippen molar-refractivity contribution in [3.63, 3.8) is 0 Å². The van der Waals surface area contributed by atoms with E-state index in [1.54, 1.807) is 17.5 Å². The molecule has 2 fully saturated rings. The number of hydrogen-bond acceptors (Lipinski definition) is 5. The minimum absolute atomic E-state index is 0.00598. The van der Waals surface area contributed by atoms with E-state index in [0.29, 0.717) is 32.0 Å². The van der Waals surface area contributed by atoms with Gasteiger partial charge in [0.05, 0.1) is 24.0 Å². The van der Waals surface area contributed by atoms with Crippen molar-refractivity contribution in [3.05, 3.63) is 29.4 Å². The summed E-state index contributed by atoms with van der Waals surface area (Å²) < 4.78 is 12.4. The first-order chi connectivity index (χ1) is 11.3. The zero-order valence-electron chi connectivity index (χ0n) is 12.9. The van der Waals surface area contributed by atoms with Gasteiger partial charge in [-0.25, -0.2) is 4.98 Å². The SMILES string of the molecule is O=C(c1nccc2ccsc12)N1CCOC(COCC2CC2)C1. The highest BCUT2D eigenvalue weighted by molar-refractivity contribution is 7.17. The van der Waals surface area contributed by atoms with Crippen LogP contribution in [0.4, 0.5) is 0 Å². The number of amides is 1. The number of morpholine rings is 1. The number of rotatable bonds is 5. The summed E-state index contributed by atoms with van der Waals surface area (Å²) in [4.78, 5) is 19.0. The van der Waals surface area contributed by atoms with Crippen LogP contribution in [0.2, 0.25) is 0 Å². The molecule has 0 bridgehead atoms. The Balaban J connectivity index is 1.41. The van der Waals surface area contributed by atoms with Crippen LogP contribution < -0.4 is 0 Å². The maximum Gasteiger partial charge on any atom is 0.274 e. The summed E-state index contributed by atoms with van der Waals surface area (Å²) in [6.07, 6.45) is 4.24. The molecule has 23 heavy (non-hydrogen) atoms. The standard InChI is InChI=1S/C17H20N2O3S/c20-17(15-16-13(3-5-18-15)4-8-23-16)19-6-7-22-14(9-19)11-21-10-12-1-2-12/h3-5,8,12,14H,1-2,6-7,9-11H2. The number of carbonyl (C=O) groups excluding carboxylic acids is 1. The second-order valence-electron chi connectivity index (χ2n) is 6.22. The summed E-state index contributed by atoms with van der Waals surface area (Å²) in [5, 5.41) is 3.07. The minimum atomic E-state index is -0.0333. The minimum Gasteiger partial charge on any atom is -0.378 e. The lowest BCUT2D eigenvalue weighted by atomic mass is 10.2. The third kappa shape index (κ3) is 3.39. The Morgan fingerprint density at radius 2 is 2.30 bits per heavy atom. The highest BCUT2D eigenvalue weighted by atomic mass is 32.1. The van der Waals surface area contributed by atoms with Gasteiger partial charge in [-0.2, -0.15) is 0 Å². The molecule has 6 heteroatoms. The molecular formula is C17H20N2O3S. The van der Waals surface area contributed by atoms with Gasteiger partial charge in [0.25, 0.3) is 5.91 Å². The molecule has 1 amide bonds. The maximum absolute atomic E-state index is 12.8. The molecule has 2 aliphatic rings. The summed E-state index contributed by atoms with van der Waals surface area (Å²) in [5.41, 5.74) is 0.553. The van der Waals surface area contributed by atoms with Gasteiger partial charge in [0.15, 0.2) is 0 Å². The smallest absolute Gasteiger partial charge is 0.274 e. The lowest BCUT2D eigenvalue weighted by Crippen LogP contribution is -2.47. The molecule has 0 N–H and O–H groups in total. The molecule has 1 atom stereocenters. The van der Waals surface area contributed by atoms with Crippen molar-refractivity contribution in [3.8, 4) is 0 Å². The lowest BCUT2D eigenvalue weighted by Gasteiger charge is -2.32. The van der Waals surface area contributed by atoms with Crippen molar-refractivity contribution in [2.24, 2.45) is 5.92 Å². The second kappa shape index (κ2) is 6.55. The fourth-order valence-corrected chi connectivity index (χ4v) is 3.73. The molecule has 1 aliphatic heterocycles. The highest BCUT2D eigenvalue weighted by Gasteiger charge is 2.28. The third-order valence-electron chi connectivity index (χ3n) is 4.35. The van der Waals surface area contributed by atoms with Gasteiger partial charge in [0.2, 0.25) is 0 Å². The van der Waals surface area contributed by atoms with Crippen molar-refractivity contribution in [2.45, 2.75) is 18.9 Å². The predicted molar refractivity (Wildman–Crippen MR) is 88.8 cm³/mol. The molecule has 5 nitrogen and oxygen atoms in total. The molecule has 0 spiro atoms. The Hall–Kier alpha value is -1.50. The topological polar surface area (TPSA) is 51.7 Å². The Kier molecular flexibility index (Phi) is 4.29. The van der Waals surface area contributed by atoms with E-state index < -0.39 is 0 Å². The van der Waals surface area contributed by atoms with Crippen LogP contribution >= 0.6 is 11.3 Å². The predicted octanol–water partition coefficient (Wildman–Crippen LogP) is 2.56. The van der Waals surface area contributed by atoms with Crippen molar-refractivity contribution >= 4 is 27.3 Å². The van der Waals surface area contributed by atoms with Crippen molar-refractivity contribution in [2.75, 3.05) is 32.9 Å². The van der Waals surface area contributed by atoms with Gasteiger partial charge in [0.1, 0.15) is 5.69 Å². The van der Waals surface area contributed by atoms with Gasteiger partial charge in [0, 0.05) is 25.9 Å². The fourth-order valence-electron chi connectivity index (χ4n) is 2.85. The molecule has 3 heterocycles. The first-order valence-corrected chi connectivity index (χ1v) is 9.00. The number of ether oxygens (including phenoxy) is 2. The van der Waals surface area contributed by atoms with Crippen molar-refractivity contribution in [1.82, 2.24) is 9.88 Å². The average Bonchev–Trinajstić information content (AvgIpc) is 3.28. The van der Waals surface area contributed by atoms with Crippen LogP contribution in [-0.2, 0) is 9.47 Å². The first kappa shape index (κ1) is 15.1. The quantitative estimate of drug-likeness (QED) is 0.844. The number of carbonyl (C=O) groups is 1. The third-order valence-corrected chi connectivity index (χ3v) is 5.29. The Labute approximate surface area is 139 Å². The van der Waals surface area contributed by atoms with E-state index in [4.69, 9.17) is 9.47 Å². The van der Waals surface area contributed by atoms with Gasteiger partial charge in [-0.15, -0.1) is 11.3 Å². The Morgan fingerprint density at radius 3 is 3.17 bits per heavy atom. The van der Waals surface area contributed by atoms with Crippen LogP contribution in [0.1, 0.15) is 23.3 Å². The molecule has 0 radical (unpaired) electrons. The summed E-state index contributed by atoms with van der Waals surface area (Å²) in [6, 6.07) is 3.96. The molecule has 1 saturated heterocycles. The van der Waals surface area contributed by atoms with Gasteiger partial charge < -0.3 is 14.4 Å². The van der Waals surface area contributed by atoms with E-state index in [9.17, 15) is 4.79 Å². The molecule has 1 aliphatic carbocycles. The van der Waals surface area contributed by atoms with Crippen molar-refractivity contribution < 1.29 is 14.3 Å². The van der Waals surface area contributed by atoms with Crippen LogP contribution in [0.3, 0.4) is 0 Å². The Morgan fingerprint density at radius 1 is 1.39 bits per heavy atom. The zero-order valence-corrected chi connectivity index (χ0v) is 13.8. The number of thiophene rings is 1. The molecule has 2 aromatic rings. The molecular weight excluding hydrogens is 312 g/mol. The monoisotopic (exact) mass is 332 g/mol. The van der Waals surface area contributed by atoms with Gasteiger partial charge >= 0.3 is 0 Å². The highest BCUT2D eigenvalue weighted by Crippen LogP contribution is 2.29. The van der Waals surface area contributed by atoms with E-state index in [0.717, 1.165) is 22.6 Å².